The van der Waals surface area contributed by atoms with Crippen molar-refractivity contribution in [2.24, 2.45) is 0 Å². The number of carbonyl (C=O) groups is 1. The molecule has 0 spiro atoms. The zero-order valence-electron chi connectivity index (χ0n) is 14.5. The summed E-state index contributed by atoms with van der Waals surface area (Å²) >= 11 is 13.2. The summed E-state index contributed by atoms with van der Waals surface area (Å²) in [5.74, 6) is -0.350. The van der Waals surface area contributed by atoms with E-state index in [1.807, 2.05) is 12.1 Å². The van der Waals surface area contributed by atoms with Gasteiger partial charge in [0.2, 0.25) is 5.13 Å². The highest BCUT2D eigenvalue weighted by Crippen LogP contribution is 2.30. The molecule has 0 aliphatic carbocycles. The Hall–Kier alpha value is -1.95. The van der Waals surface area contributed by atoms with Crippen molar-refractivity contribution in [2.45, 2.75) is 26.2 Å². The van der Waals surface area contributed by atoms with Gasteiger partial charge in [-0.1, -0.05) is 79.6 Å². The first kappa shape index (κ1) is 18.8. The van der Waals surface area contributed by atoms with Crippen LogP contribution in [0.1, 0.15) is 36.7 Å². The maximum atomic E-state index is 12.3. The van der Waals surface area contributed by atoms with Crippen molar-refractivity contribution >= 4 is 45.6 Å². The van der Waals surface area contributed by atoms with Crippen molar-refractivity contribution in [3.8, 4) is 10.6 Å². The lowest BCUT2D eigenvalue weighted by molar-refractivity contribution is 0.102. The largest absolute Gasteiger partial charge is 0.296 e. The van der Waals surface area contributed by atoms with Gasteiger partial charge in [0.1, 0.15) is 5.01 Å². The van der Waals surface area contributed by atoms with Crippen LogP contribution in [0.2, 0.25) is 10.0 Å². The van der Waals surface area contributed by atoms with Gasteiger partial charge in [-0.15, -0.1) is 10.2 Å². The molecule has 4 nitrogen and oxygen atoms in total. The highest BCUT2D eigenvalue weighted by Gasteiger charge is 2.16. The molecular weight excluding hydrogens is 389 g/mol. The third-order valence-corrected chi connectivity index (χ3v) is 5.25. The highest BCUT2D eigenvalue weighted by atomic mass is 35.5. The second kappa shape index (κ2) is 7.35. The van der Waals surface area contributed by atoms with Crippen molar-refractivity contribution in [1.29, 1.82) is 0 Å². The van der Waals surface area contributed by atoms with E-state index in [4.69, 9.17) is 23.2 Å². The van der Waals surface area contributed by atoms with E-state index >= 15 is 0 Å². The van der Waals surface area contributed by atoms with Crippen LogP contribution in [0.3, 0.4) is 0 Å². The van der Waals surface area contributed by atoms with Crippen LogP contribution in [0.5, 0.6) is 0 Å². The summed E-state index contributed by atoms with van der Waals surface area (Å²) < 4.78 is 0. The molecule has 0 radical (unpaired) electrons. The van der Waals surface area contributed by atoms with Crippen molar-refractivity contribution in [1.82, 2.24) is 10.2 Å². The van der Waals surface area contributed by atoms with E-state index in [0.29, 0.717) is 15.7 Å². The van der Waals surface area contributed by atoms with E-state index in [9.17, 15) is 4.79 Å². The predicted molar refractivity (Wildman–Crippen MR) is 108 cm³/mol. The summed E-state index contributed by atoms with van der Waals surface area (Å²) in [7, 11) is 0. The topological polar surface area (TPSA) is 54.9 Å². The van der Waals surface area contributed by atoms with Crippen LogP contribution in [0.15, 0.2) is 42.5 Å². The van der Waals surface area contributed by atoms with Crippen LogP contribution >= 0.6 is 34.5 Å². The Morgan fingerprint density at radius 3 is 2.35 bits per heavy atom. The summed E-state index contributed by atoms with van der Waals surface area (Å²) in [5, 5.41) is 12.8. The number of aromatic nitrogens is 2. The molecule has 1 heterocycles. The summed E-state index contributed by atoms with van der Waals surface area (Å²) in [4.78, 5) is 12.3. The Morgan fingerprint density at radius 1 is 1.04 bits per heavy atom. The Bertz CT molecular complexity index is 946. The van der Waals surface area contributed by atoms with E-state index in [1.54, 1.807) is 12.1 Å². The van der Waals surface area contributed by atoms with E-state index in [-0.39, 0.29) is 16.3 Å². The molecular formula is C19H17Cl2N3OS. The Kier molecular flexibility index (Phi) is 5.32. The fourth-order valence-corrected chi connectivity index (χ4v) is 3.58. The minimum Gasteiger partial charge on any atom is -0.296 e. The SMILES string of the molecule is CC(C)(C)c1ccc(-c2nnc(NC(=O)c3ccc(Cl)cc3Cl)s2)cc1. The molecule has 0 unspecified atom stereocenters. The Morgan fingerprint density at radius 2 is 1.73 bits per heavy atom. The Labute approximate surface area is 166 Å². The van der Waals surface area contributed by atoms with Gasteiger partial charge in [0, 0.05) is 10.6 Å². The molecule has 1 N–H and O–H groups in total. The van der Waals surface area contributed by atoms with E-state index in [1.165, 1.54) is 23.0 Å². The molecule has 2 aromatic carbocycles. The van der Waals surface area contributed by atoms with Crippen molar-refractivity contribution < 1.29 is 4.79 Å². The number of amides is 1. The molecule has 1 aromatic heterocycles. The fourth-order valence-electron chi connectivity index (χ4n) is 2.34. The van der Waals surface area contributed by atoms with Crippen LogP contribution in [-0.2, 0) is 5.41 Å². The van der Waals surface area contributed by atoms with Crippen LogP contribution in [0.25, 0.3) is 10.6 Å². The van der Waals surface area contributed by atoms with Gasteiger partial charge in [-0.05, 0) is 29.2 Å². The van der Waals surface area contributed by atoms with Crippen molar-refractivity contribution in [3.05, 3.63) is 63.6 Å². The van der Waals surface area contributed by atoms with Gasteiger partial charge in [-0.25, -0.2) is 0 Å². The lowest BCUT2D eigenvalue weighted by Crippen LogP contribution is -2.12. The summed E-state index contributed by atoms with van der Waals surface area (Å²) in [6.45, 7) is 6.51. The second-order valence-electron chi connectivity index (χ2n) is 6.82. The molecule has 0 bridgehead atoms. The molecule has 26 heavy (non-hydrogen) atoms. The average molecular weight is 406 g/mol. The summed E-state index contributed by atoms with van der Waals surface area (Å²) in [6.07, 6.45) is 0. The van der Waals surface area contributed by atoms with Gasteiger partial charge in [0.05, 0.1) is 10.6 Å². The summed E-state index contributed by atoms with van der Waals surface area (Å²) in [5.41, 5.74) is 2.64. The number of rotatable bonds is 3. The first-order valence-corrected chi connectivity index (χ1v) is 9.52. The second-order valence-corrected chi connectivity index (χ2v) is 8.64. The summed E-state index contributed by atoms with van der Waals surface area (Å²) in [6, 6.07) is 12.9. The van der Waals surface area contributed by atoms with Crippen LogP contribution in [-0.4, -0.2) is 16.1 Å². The third kappa shape index (κ3) is 4.23. The number of benzene rings is 2. The smallest absolute Gasteiger partial charge is 0.259 e. The number of anilines is 1. The lowest BCUT2D eigenvalue weighted by Gasteiger charge is -2.18. The fraction of sp³-hybridized carbons (Fsp3) is 0.211. The van der Waals surface area contributed by atoms with Gasteiger partial charge >= 0.3 is 0 Å². The monoisotopic (exact) mass is 405 g/mol. The Balaban J connectivity index is 1.76. The highest BCUT2D eigenvalue weighted by molar-refractivity contribution is 7.18. The molecule has 0 fully saturated rings. The minimum absolute atomic E-state index is 0.0939. The molecule has 0 aliphatic rings. The van der Waals surface area contributed by atoms with E-state index in [0.717, 1.165) is 10.6 Å². The number of hydrogen-bond donors (Lipinski definition) is 1. The normalized spacial score (nSPS) is 11.4. The predicted octanol–water partition coefficient (Wildman–Crippen LogP) is 6.06. The first-order valence-electron chi connectivity index (χ1n) is 7.95. The van der Waals surface area contributed by atoms with E-state index in [2.05, 4.69) is 48.4 Å². The number of halogens is 2. The first-order chi connectivity index (χ1) is 12.2. The quantitative estimate of drug-likeness (QED) is 0.575. The molecule has 0 atom stereocenters. The zero-order valence-corrected chi connectivity index (χ0v) is 16.8. The number of hydrogen-bond acceptors (Lipinski definition) is 4. The van der Waals surface area contributed by atoms with Gasteiger partial charge < -0.3 is 0 Å². The minimum atomic E-state index is -0.350. The maximum Gasteiger partial charge on any atom is 0.259 e. The number of carbonyl (C=O) groups excluding carboxylic acids is 1. The van der Waals surface area contributed by atoms with Gasteiger partial charge in [-0.2, -0.15) is 0 Å². The molecule has 7 heteroatoms. The molecule has 1 amide bonds. The average Bonchev–Trinajstić information content (AvgIpc) is 3.02. The third-order valence-electron chi connectivity index (χ3n) is 3.82. The molecule has 3 aromatic rings. The van der Waals surface area contributed by atoms with Crippen molar-refractivity contribution in [2.75, 3.05) is 5.32 Å². The van der Waals surface area contributed by atoms with Gasteiger partial charge in [0.15, 0.2) is 0 Å². The maximum absolute atomic E-state index is 12.3. The molecule has 134 valence electrons. The van der Waals surface area contributed by atoms with Crippen molar-refractivity contribution in [3.63, 3.8) is 0 Å². The van der Waals surface area contributed by atoms with Crippen LogP contribution in [0, 0.1) is 0 Å². The van der Waals surface area contributed by atoms with Crippen LogP contribution in [0.4, 0.5) is 5.13 Å². The molecule has 3 rings (SSSR count). The van der Waals surface area contributed by atoms with Gasteiger partial charge in [-0.3, -0.25) is 10.1 Å². The molecule has 0 saturated heterocycles. The molecule has 0 aliphatic heterocycles. The molecule has 0 saturated carbocycles. The van der Waals surface area contributed by atoms with Crippen LogP contribution < -0.4 is 5.32 Å². The zero-order chi connectivity index (χ0) is 18.9. The van der Waals surface area contributed by atoms with Gasteiger partial charge in [0.25, 0.3) is 5.91 Å². The number of nitrogens with zero attached hydrogens (tertiary/aromatic N) is 2. The number of nitrogens with one attached hydrogen (secondary N) is 1. The van der Waals surface area contributed by atoms with E-state index < -0.39 is 0 Å². The lowest BCUT2D eigenvalue weighted by atomic mass is 9.87. The standard InChI is InChI=1S/C19H17Cl2N3OS/c1-19(2,3)12-6-4-11(5-7-12)17-23-24-18(26-17)22-16(25)14-9-8-13(20)10-15(14)21/h4-10H,1-3H3,(H,22,24,25).